The van der Waals surface area contributed by atoms with Crippen molar-refractivity contribution in [3.8, 4) is 0 Å². The summed E-state index contributed by atoms with van der Waals surface area (Å²) in [6.45, 7) is 0. The number of nitrogens with zero attached hydrogens (tertiary/aromatic N) is 1. The molecule has 1 amide bonds. The molecule has 1 saturated heterocycles. The molecule has 0 bridgehead atoms. The number of carbonyl (C=O) groups is 1. The van der Waals surface area contributed by atoms with Crippen molar-refractivity contribution >= 4 is 55.6 Å². The second-order valence-corrected chi connectivity index (χ2v) is 8.63. The molecule has 10 heteroatoms. The zero-order valence-corrected chi connectivity index (χ0v) is 16.3. The molecule has 3 aromatic rings. The fraction of sp³-hybridized carbons (Fsp3) is 0. The van der Waals surface area contributed by atoms with Gasteiger partial charge in [-0.1, -0.05) is 12.1 Å². The Balaban J connectivity index is 1.62. The average Bonchev–Trinajstić information content (AvgIpc) is 3.03. The van der Waals surface area contributed by atoms with E-state index in [0.717, 1.165) is 11.8 Å². The molecule has 0 radical (unpaired) electrons. The number of amides is 1. The summed E-state index contributed by atoms with van der Waals surface area (Å²) in [4.78, 5) is 29.3. The quantitative estimate of drug-likeness (QED) is 0.617. The number of nitrogens with one attached hydrogen (secondary N) is 1. The molecule has 2 heterocycles. The molecule has 29 heavy (non-hydrogen) atoms. The summed E-state index contributed by atoms with van der Waals surface area (Å²) in [5, 5.41) is 8.39. The first-order valence-electron chi connectivity index (χ1n) is 8.24. The molecule has 2 aromatic carbocycles. The van der Waals surface area contributed by atoms with E-state index in [1.165, 1.54) is 36.6 Å². The number of rotatable bonds is 3. The highest BCUT2D eigenvalue weighted by atomic mass is 32.2. The molecule has 4 rings (SSSR count). The maximum Gasteiger partial charge on any atom is 0.264 e. The highest BCUT2D eigenvalue weighted by Gasteiger charge is 2.24. The van der Waals surface area contributed by atoms with E-state index in [9.17, 15) is 18.0 Å². The van der Waals surface area contributed by atoms with Gasteiger partial charge in [-0.15, -0.1) is 0 Å². The zero-order chi connectivity index (χ0) is 20.6. The van der Waals surface area contributed by atoms with Crippen molar-refractivity contribution in [2.24, 2.45) is 10.1 Å². The smallest absolute Gasteiger partial charge is 0.264 e. The number of aliphatic imine (C=N–C) groups is 1. The lowest BCUT2D eigenvalue weighted by molar-refractivity contribution is -0.115. The van der Waals surface area contributed by atoms with E-state index in [-0.39, 0.29) is 20.8 Å². The summed E-state index contributed by atoms with van der Waals surface area (Å²) in [6.07, 6.45) is 2.76. The number of primary sulfonamides is 1. The normalized spacial score (nSPS) is 17.2. The van der Waals surface area contributed by atoms with Crippen molar-refractivity contribution < 1.29 is 17.6 Å². The number of carbonyl (C=O) groups excluding carboxylic acids is 1. The largest absolute Gasteiger partial charge is 0.463 e. The van der Waals surface area contributed by atoms with Gasteiger partial charge < -0.3 is 9.73 Å². The molecule has 3 N–H and O–H groups in total. The van der Waals surface area contributed by atoms with Crippen LogP contribution < -0.4 is 15.9 Å². The fourth-order valence-corrected chi connectivity index (χ4v) is 3.99. The predicted octanol–water partition coefficient (Wildman–Crippen LogP) is 2.33. The van der Waals surface area contributed by atoms with Crippen LogP contribution in [0.25, 0.3) is 17.0 Å². The Bertz CT molecular complexity index is 1360. The van der Waals surface area contributed by atoms with Crippen molar-refractivity contribution in [2.75, 3.05) is 0 Å². The van der Waals surface area contributed by atoms with Gasteiger partial charge in [-0.25, -0.2) is 18.5 Å². The van der Waals surface area contributed by atoms with Gasteiger partial charge in [0.05, 0.1) is 26.4 Å². The number of benzene rings is 2. The second kappa shape index (κ2) is 7.32. The van der Waals surface area contributed by atoms with Gasteiger partial charge in [0.1, 0.15) is 11.8 Å². The number of sulfonamides is 1. The SMILES string of the molecule is NS(=O)(=O)c1ccc(N=C2NC(=O)/C(=C/c3coc4ccccc4c3=O)S2)cc1. The minimum absolute atomic E-state index is 0.0341. The van der Waals surface area contributed by atoms with Gasteiger partial charge in [0, 0.05) is 0 Å². The van der Waals surface area contributed by atoms with Crippen molar-refractivity contribution in [3.05, 3.63) is 75.5 Å². The van der Waals surface area contributed by atoms with E-state index < -0.39 is 15.9 Å². The van der Waals surface area contributed by atoms with E-state index in [4.69, 9.17) is 9.56 Å². The summed E-state index contributed by atoms with van der Waals surface area (Å²) >= 11 is 1.06. The van der Waals surface area contributed by atoms with Gasteiger partial charge in [0.25, 0.3) is 5.91 Å². The lowest BCUT2D eigenvalue weighted by Crippen LogP contribution is -2.19. The van der Waals surface area contributed by atoms with Crippen LogP contribution in [0.3, 0.4) is 0 Å². The number of para-hydroxylation sites is 1. The summed E-state index contributed by atoms with van der Waals surface area (Å²) in [5.41, 5.74) is 0.914. The lowest BCUT2D eigenvalue weighted by atomic mass is 10.1. The number of amidine groups is 1. The van der Waals surface area contributed by atoms with Crippen molar-refractivity contribution in [1.29, 1.82) is 0 Å². The van der Waals surface area contributed by atoms with Crippen LogP contribution in [0.1, 0.15) is 5.56 Å². The Morgan fingerprint density at radius 3 is 2.52 bits per heavy atom. The minimum atomic E-state index is -3.79. The van der Waals surface area contributed by atoms with Crippen LogP contribution >= 0.6 is 11.8 Å². The monoisotopic (exact) mass is 427 g/mol. The maximum atomic E-state index is 12.6. The highest BCUT2D eigenvalue weighted by molar-refractivity contribution is 8.18. The van der Waals surface area contributed by atoms with Crippen molar-refractivity contribution in [2.45, 2.75) is 4.90 Å². The van der Waals surface area contributed by atoms with E-state index in [1.54, 1.807) is 24.3 Å². The molecular formula is C19H13N3O5S2. The number of fused-ring (bicyclic) bond motifs is 1. The van der Waals surface area contributed by atoms with Gasteiger partial charge in [-0.05, 0) is 54.2 Å². The molecule has 0 atom stereocenters. The van der Waals surface area contributed by atoms with E-state index in [2.05, 4.69) is 10.3 Å². The van der Waals surface area contributed by atoms with Crippen LogP contribution in [0.15, 0.2) is 78.8 Å². The maximum absolute atomic E-state index is 12.6. The van der Waals surface area contributed by atoms with Crippen LogP contribution in [0.5, 0.6) is 0 Å². The highest BCUT2D eigenvalue weighted by Crippen LogP contribution is 2.28. The van der Waals surface area contributed by atoms with Crippen LogP contribution in [-0.2, 0) is 14.8 Å². The van der Waals surface area contributed by atoms with Crippen molar-refractivity contribution in [1.82, 2.24) is 5.32 Å². The summed E-state index contributed by atoms with van der Waals surface area (Å²) in [7, 11) is -3.79. The van der Waals surface area contributed by atoms with E-state index in [1.807, 2.05) is 0 Å². The Labute approximate surface area is 169 Å². The molecular weight excluding hydrogens is 414 g/mol. The molecule has 0 spiro atoms. The van der Waals surface area contributed by atoms with E-state index >= 15 is 0 Å². The van der Waals surface area contributed by atoms with Gasteiger partial charge >= 0.3 is 0 Å². The molecule has 0 unspecified atom stereocenters. The second-order valence-electron chi connectivity index (χ2n) is 6.04. The zero-order valence-electron chi connectivity index (χ0n) is 14.7. The molecule has 8 nitrogen and oxygen atoms in total. The third kappa shape index (κ3) is 3.99. The van der Waals surface area contributed by atoms with Crippen LogP contribution in [0.4, 0.5) is 5.69 Å². The van der Waals surface area contributed by atoms with Crippen LogP contribution in [0, 0.1) is 0 Å². The third-order valence-corrected chi connectivity index (χ3v) is 5.88. The Morgan fingerprint density at radius 1 is 1.07 bits per heavy atom. The molecule has 1 aliphatic heterocycles. The number of thioether (sulfide) groups is 1. The first-order chi connectivity index (χ1) is 13.8. The molecule has 0 saturated carbocycles. The summed E-state index contributed by atoms with van der Waals surface area (Å²) in [6, 6.07) is 12.4. The van der Waals surface area contributed by atoms with Gasteiger partial charge in [0.2, 0.25) is 10.0 Å². The average molecular weight is 427 g/mol. The molecule has 1 aliphatic rings. The van der Waals surface area contributed by atoms with Crippen LogP contribution in [0.2, 0.25) is 0 Å². The van der Waals surface area contributed by atoms with Gasteiger partial charge in [0.15, 0.2) is 10.6 Å². The molecule has 146 valence electrons. The number of nitrogens with two attached hydrogens (primary N) is 1. The predicted molar refractivity (Wildman–Crippen MR) is 111 cm³/mol. The number of hydrogen-bond donors (Lipinski definition) is 2. The summed E-state index contributed by atoms with van der Waals surface area (Å²) in [5.74, 6) is -0.400. The van der Waals surface area contributed by atoms with E-state index in [0.29, 0.717) is 21.8 Å². The first kappa shape index (κ1) is 19.1. The third-order valence-electron chi connectivity index (χ3n) is 4.04. The van der Waals surface area contributed by atoms with Crippen molar-refractivity contribution in [3.63, 3.8) is 0 Å². The topological polar surface area (TPSA) is 132 Å². The van der Waals surface area contributed by atoms with Crippen LogP contribution in [-0.4, -0.2) is 19.5 Å². The Morgan fingerprint density at radius 2 is 1.79 bits per heavy atom. The molecule has 0 aliphatic carbocycles. The fourth-order valence-electron chi connectivity index (χ4n) is 2.64. The van der Waals surface area contributed by atoms with Gasteiger partial charge in [-0.2, -0.15) is 0 Å². The van der Waals surface area contributed by atoms with Gasteiger partial charge in [-0.3, -0.25) is 9.59 Å². The standard InChI is InChI=1S/C19H13N3O5S2/c20-29(25,26)13-7-5-12(6-8-13)21-19-22-18(24)16(28-19)9-11-10-27-15-4-2-1-3-14(15)17(11)23/h1-10H,(H2,20,25,26)(H,21,22,24)/b16-9-. The summed E-state index contributed by atoms with van der Waals surface area (Å²) < 4.78 is 28.1. The first-order valence-corrected chi connectivity index (χ1v) is 10.6. The lowest BCUT2D eigenvalue weighted by Gasteiger charge is -1.99. The minimum Gasteiger partial charge on any atom is -0.463 e. The molecule has 1 fully saturated rings. The number of hydrogen-bond acceptors (Lipinski definition) is 7. The Hall–Kier alpha value is -3.21. The molecule has 1 aromatic heterocycles. The Kier molecular flexibility index (Phi) is 4.82.